The van der Waals surface area contributed by atoms with E-state index in [1.165, 1.54) is 0 Å². The van der Waals surface area contributed by atoms with Crippen LogP contribution in [0.15, 0.2) is 24.3 Å². The quantitative estimate of drug-likeness (QED) is 0.870. The Hall–Kier alpha value is -1.81. The zero-order chi connectivity index (χ0) is 13.1. The van der Waals surface area contributed by atoms with E-state index < -0.39 is 0 Å². The molecule has 0 bridgehead atoms. The number of aromatic nitrogens is 2. The lowest BCUT2D eigenvalue weighted by molar-refractivity contribution is 0.340. The normalized spacial score (nSPS) is 12.4. The number of aryl methyl sites for hydroxylation is 1. The Morgan fingerprint density at radius 2 is 2.22 bits per heavy atom. The van der Waals surface area contributed by atoms with Crippen LogP contribution in [0.3, 0.4) is 0 Å². The van der Waals surface area contributed by atoms with Gasteiger partial charge in [0, 0.05) is 11.3 Å². The molecule has 0 aliphatic heterocycles. The van der Waals surface area contributed by atoms with Crippen molar-refractivity contribution in [3.63, 3.8) is 0 Å². The zero-order valence-electron chi connectivity index (χ0n) is 11.0. The number of imidazole rings is 1. The number of hydrogen-bond acceptors (Lipinski definition) is 3. The number of nitrogens with one attached hydrogen (secondary N) is 1. The van der Waals surface area contributed by atoms with Gasteiger partial charge in [0.25, 0.3) is 0 Å². The van der Waals surface area contributed by atoms with E-state index >= 15 is 0 Å². The first-order valence-corrected chi connectivity index (χ1v) is 6.17. The van der Waals surface area contributed by atoms with Gasteiger partial charge >= 0.3 is 0 Å². The van der Waals surface area contributed by atoms with Crippen LogP contribution >= 0.6 is 0 Å². The highest BCUT2D eigenvalue weighted by Gasteiger charge is 2.11. The van der Waals surface area contributed by atoms with Crippen LogP contribution in [0.1, 0.15) is 31.4 Å². The zero-order valence-corrected chi connectivity index (χ0v) is 11.0. The van der Waals surface area contributed by atoms with Crippen molar-refractivity contribution in [3.05, 3.63) is 35.8 Å². The maximum absolute atomic E-state index is 5.83. The van der Waals surface area contributed by atoms with Crippen LogP contribution in [0.4, 0.5) is 0 Å². The Morgan fingerprint density at radius 1 is 1.44 bits per heavy atom. The fourth-order valence-corrected chi connectivity index (χ4v) is 1.88. The molecular formula is C14H19N3O. The largest absolute Gasteiger partial charge is 0.494 e. The van der Waals surface area contributed by atoms with Gasteiger partial charge in [0.15, 0.2) is 0 Å². The first-order chi connectivity index (χ1) is 8.61. The summed E-state index contributed by atoms with van der Waals surface area (Å²) in [7, 11) is 0. The van der Waals surface area contributed by atoms with Crippen LogP contribution in [0.5, 0.6) is 5.75 Å². The molecule has 18 heavy (non-hydrogen) atoms. The third-order valence-electron chi connectivity index (χ3n) is 2.75. The second kappa shape index (κ2) is 5.23. The van der Waals surface area contributed by atoms with Crippen molar-refractivity contribution >= 4 is 0 Å². The molecule has 0 saturated heterocycles. The highest BCUT2D eigenvalue weighted by Crippen LogP contribution is 2.26. The fraction of sp³-hybridized carbons (Fsp3) is 0.357. The summed E-state index contributed by atoms with van der Waals surface area (Å²) in [5.74, 6) is 1.67. The molecule has 4 nitrogen and oxygen atoms in total. The van der Waals surface area contributed by atoms with Crippen molar-refractivity contribution in [2.45, 2.75) is 26.8 Å². The summed E-state index contributed by atoms with van der Waals surface area (Å²) in [6.07, 6.45) is 0. The Morgan fingerprint density at radius 3 is 2.83 bits per heavy atom. The summed E-state index contributed by atoms with van der Waals surface area (Å²) >= 11 is 0. The minimum atomic E-state index is -0.0903. The minimum Gasteiger partial charge on any atom is -0.494 e. The molecule has 0 aliphatic rings. The smallest absolute Gasteiger partial charge is 0.123 e. The van der Waals surface area contributed by atoms with Crippen molar-refractivity contribution < 1.29 is 4.74 Å². The van der Waals surface area contributed by atoms with Gasteiger partial charge in [-0.3, -0.25) is 0 Å². The number of aromatic amines is 1. The SMILES string of the molecule is CCOc1cccc(-c2nc(C(C)N)[nH]c2C)c1. The average Bonchev–Trinajstić information content (AvgIpc) is 2.72. The topological polar surface area (TPSA) is 63.9 Å². The van der Waals surface area contributed by atoms with Crippen LogP contribution in [0.2, 0.25) is 0 Å². The Labute approximate surface area is 107 Å². The summed E-state index contributed by atoms with van der Waals surface area (Å²) in [4.78, 5) is 7.76. The molecular weight excluding hydrogens is 226 g/mol. The van der Waals surface area contributed by atoms with Gasteiger partial charge in [0.05, 0.1) is 18.3 Å². The Bertz CT molecular complexity index is 532. The van der Waals surface area contributed by atoms with Crippen LogP contribution < -0.4 is 10.5 Å². The average molecular weight is 245 g/mol. The van der Waals surface area contributed by atoms with Gasteiger partial charge in [-0.15, -0.1) is 0 Å². The third kappa shape index (κ3) is 2.54. The van der Waals surface area contributed by atoms with E-state index in [1.807, 2.05) is 45.0 Å². The maximum atomic E-state index is 5.83. The predicted molar refractivity (Wildman–Crippen MR) is 72.5 cm³/mol. The van der Waals surface area contributed by atoms with Crippen molar-refractivity contribution in [2.24, 2.45) is 5.73 Å². The van der Waals surface area contributed by atoms with Gasteiger partial charge in [-0.25, -0.2) is 4.98 Å². The van der Waals surface area contributed by atoms with Gasteiger partial charge in [0.1, 0.15) is 11.6 Å². The van der Waals surface area contributed by atoms with Gasteiger partial charge in [-0.1, -0.05) is 12.1 Å². The van der Waals surface area contributed by atoms with Gasteiger partial charge in [-0.2, -0.15) is 0 Å². The van der Waals surface area contributed by atoms with E-state index in [1.54, 1.807) is 0 Å². The molecule has 1 heterocycles. The molecule has 0 radical (unpaired) electrons. The van der Waals surface area contributed by atoms with Gasteiger partial charge in [0.2, 0.25) is 0 Å². The van der Waals surface area contributed by atoms with E-state index in [0.29, 0.717) is 6.61 Å². The van der Waals surface area contributed by atoms with Gasteiger partial charge in [-0.05, 0) is 32.9 Å². The number of rotatable bonds is 4. The third-order valence-corrected chi connectivity index (χ3v) is 2.75. The van der Waals surface area contributed by atoms with Crippen LogP contribution in [0.25, 0.3) is 11.3 Å². The second-order valence-electron chi connectivity index (χ2n) is 4.35. The first kappa shape index (κ1) is 12.6. The monoisotopic (exact) mass is 245 g/mol. The molecule has 0 spiro atoms. The van der Waals surface area contributed by atoms with Gasteiger partial charge < -0.3 is 15.5 Å². The lowest BCUT2D eigenvalue weighted by atomic mass is 10.1. The molecule has 1 aromatic carbocycles. The van der Waals surface area contributed by atoms with E-state index in [4.69, 9.17) is 10.5 Å². The summed E-state index contributed by atoms with van der Waals surface area (Å²) < 4.78 is 5.50. The van der Waals surface area contributed by atoms with Crippen LogP contribution in [0, 0.1) is 6.92 Å². The number of nitrogens with zero attached hydrogens (tertiary/aromatic N) is 1. The summed E-state index contributed by atoms with van der Waals surface area (Å²) in [5, 5.41) is 0. The number of benzene rings is 1. The van der Waals surface area contributed by atoms with E-state index in [-0.39, 0.29) is 6.04 Å². The molecule has 2 rings (SSSR count). The van der Waals surface area contributed by atoms with Crippen molar-refractivity contribution in [1.29, 1.82) is 0 Å². The maximum Gasteiger partial charge on any atom is 0.123 e. The second-order valence-corrected chi connectivity index (χ2v) is 4.35. The molecule has 0 saturated carbocycles. The molecule has 0 amide bonds. The number of nitrogens with two attached hydrogens (primary N) is 1. The Kier molecular flexibility index (Phi) is 3.67. The molecule has 1 aromatic heterocycles. The number of ether oxygens (including phenoxy) is 1. The molecule has 4 heteroatoms. The highest BCUT2D eigenvalue weighted by atomic mass is 16.5. The van der Waals surface area contributed by atoms with E-state index in [9.17, 15) is 0 Å². The van der Waals surface area contributed by atoms with Crippen molar-refractivity contribution in [1.82, 2.24) is 9.97 Å². The standard InChI is InChI=1S/C14H19N3O/c1-4-18-12-7-5-6-11(8-12)13-10(3)16-14(17-13)9(2)15/h5-9H,4,15H2,1-3H3,(H,16,17). The van der Waals surface area contributed by atoms with Crippen LogP contribution in [-0.4, -0.2) is 16.6 Å². The van der Waals surface area contributed by atoms with E-state index in [0.717, 1.165) is 28.5 Å². The molecule has 2 aromatic rings. The summed E-state index contributed by atoms with van der Waals surface area (Å²) in [6.45, 7) is 6.55. The first-order valence-electron chi connectivity index (χ1n) is 6.17. The van der Waals surface area contributed by atoms with Crippen molar-refractivity contribution in [2.75, 3.05) is 6.61 Å². The predicted octanol–water partition coefficient (Wildman–Crippen LogP) is 2.80. The molecule has 96 valence electrons. The number of H-pyrrole nitrogens is 1. The molecule has 0 aliphatic carbocycles. The fourth-order valence-electron chi connectivity index (χ4n) is 1.88. The molecule has 1 unspecified atom stereocenters. The summed E-state index contributed by atoms with van der Waals surface area (Å²) in [6, 6.07) is 7.85. The van der Waals surface area contributed by atoms with Crippen LogP contribution in [-0.2, 0) is 0 Å². The molecule has 1 atom stereocenters. The lowest BCUT2D eigenvalue weighted by Crippen LogP contribution is -2.06. The highest BCUT2D eigenvalue weighted by molar-refractivity contribution is 5.63. The Balaban J connectivity index is 2.38. The lowest BCUT2D eigenvalue weighted by Gasteiger charge is -2.05. The number of hydrogen-bond donors (Lipinski definition) is 2. The minimum absolute atomic E-state index is 0.0903. The van der Waals surface area contributed by atoms with Crippen molar-refractivity contribution in [3.8, 4) is 17.0 Å². The summed E-state index contributed by atoms with van der Waals surface area (Å²) in [5.41, 5.74) is 8.83. The van der Waals surface area contributed by atoms with E-state index in [2.05, 4.69) is 9.97 Å². The molecule has 3 N–H and O–H groups in total. The molecule has 0 fully saturated rings.